The van der Waals surface area contributed by atoms with E-state index in [-0.39, 0.29) is 25.0 Å². The molecule has 0 radical (unpaired) electrons. The molecule has 0 spiro atoms. The van der Waals surface area contributed by atoms with Gasteiger partial charge in [0.2, 0.25) is 5.91 Å². The number of allylic oxidation sites excluding steroid dienone is 1. The van der Waals surface area contributed by atoms with Crippen LogP contribution in [0.2, 0.25) is 0 Å². The number of carbonyl (C=O) groups excluding carboxylic acids is 3. The first-order valence-corrected chi connectivity index (χ1v) is 14.5. The molecule has 2 amide bonds. The van der Waals surface area contributed by atoms with Crippen LogP contribution >= 0.6 is 0 Å². The standard InChI is InChI=1S/C35H46N2O6/c1-10-20-34(6,7)23-43-32(40)36-29(33(3,4)5)30(38)37-22-35(42-9,21-28(37)31(39)41-8)26-18-16-25(17-19-26)27-15-13-12-14-24(27)11-2/h10-19,28-29H,1-2,20-23H2,3-9H3,(H,36,40)/t28-,29+,35-/m0/s1. The molecular weight excluding hydrogens is 544 g/mol. The normalized spacial score (nSPS) is 19.3. The number of nitrogens with one attached hydrogen (secondary N) is 1. The van der Waals surface area contributed by atoms with Gasteiger partial charge in [-0.3, -0.25) is 4.79 Å². The Morgan fingerprint density at radius 1 is 1.05 bits per heavy atom. The van der Waals surface area contributed by atoms with Crippen molar-refractivity contribution < 1.29 is 28.6 Å². The van der Waals surface area contributed by atoms with E-state index in [1.54, 1.807) is 13.2 Å². The molecule has 0 saturated carbocycles. The van der Waals surface area contributed by atoms with E-state index in [0.29, 0.717) is 6.42 Å². The highest BCUT2D eigenvalue weighted by Crippen LogP contribution is 2.41. The Balaban J connectivity index is 1.91. The fourth-order valence-corrected chi connectivity index (χ4v) is 5.50. The molecule has 8 nitrogen and oxygen atoms in total. The zero-order valence-corrected chi connectivity index (χ0v) is 26.6. The highest BCUT2D eigenvalue weighted by molar-refractivity contribution is 5.91. The second-order valence-corrected chi connectivity index (χ2v) is 13.0. The first-order valence-electron chi connectivity index (χ1n) is 14.5. The number of methoxy groups -OCH3 is 2. The molecule has 2 aromatic rings. The number of rotatable bonds is 11. The summed E-state index contributed by atoms with van der Waals surface area (Å²) in [4.78, 5) is 41.6. The van der Waals surface area contributed by atoms with Crippen molar-refractivity contribution in [2.45, 2.75) is 65.1 Å². The first-order chi connectivity index (χ1) is 20.2. The average molecular weight is 591 g/mol. The van der Waals surface area contributed by atoms with Crippen LogP contribution in [0.5, 0.6) is 0 Å². The summed E-state index contributed by atoms with van der Waals surface area (Å²) < 4.78 is 16.7. The molecule has 1 saturated heterocycles. The van der Waals surface area contributed by atoms with Crippen LogP contribution in [0.3, 0.4) is 0 Å². The van der Waals surface area contributed by atoms with Crippen LogP contribution in [0.15, 0.2) is 67.8 Å². The van der Waals surface area contributed by atoms with E-state index in [4.69, 9.17) is 14.2 Å². The van der Waals surface area contributed by atoms with Gasteiger partial charge in [-0.25, -0.2) is 9.59 Å². The van der Waals surface area contributed by atoms with Crippen LogP contribution in [0.4, 0.5) is 4.79 Å². The zero-order valence-electron chi connectivity index (χ0n) is 26.6. The van der Waals surface area contributed by atoms with Crippen molar-refractivity contribution in [1.82, 2.24) is 10.2 Å². The quantitative estimate of drug-likeness (QED) is 0.242. The number of amides is 2. The molecule has 0 bridgehead atoms. The number of hydrogen-bond donors (Lipinski definition) is 1. The largest absolute Gasteiger partial charge is 0.467 e. The van der Waals surface area contributed by atoms with Crippen molar-refractivity contribution in [3.05, 3.63) is 78.9 Å². The summed E-state index contributed by atoms with van der Waals surface area (Å²) >= 11 is 0. The van der Waals surface area contributed by atoms with Crippen molar-refractivity contribution in [3.8, 4) is 11.1 Å². The third-order valence-electron chi connectivity index (χ3n) is 8.04. The van der Waals surface area contributed by atoms with Gasteiger partial charge >= 0.3 is 12.1 Å². The number of ether oxygens (including phenoxy) is 3. The Labute approximate surface area is 256 Å². The number of alkyl carbamates (subject to hydrolysis) is 1. The second kappa shape index (κ2) is 13.6. The maximum Gasteiger partial charge on any atom is 0.407 e. The van der Waals surface area contributed by atoms with Gasteiger partial charge in [0.15, 0.2) is 0 Å². The van der Waals surface area contributed by atoms with Gasteiger partial charge < -0.3 is 24.4 Å². The Morgan fingerprint density at radius 3 is 2.26 bits per heavy atom. The molecule has 3 atom stereocenters. The number of hydrogen-bond acceptors (Lipinski definition) is 6. The van der Waals surface area contributed by atoms with E-state index < -0.39 is 41.1 Å². The van der Waals surface area contributed by atoms with Crippen LogP contribution in [-0.4, -0.2) is 62.3 Å². The van der Waals surface area contributed by atoms with E-state index in [9.17, 15) is 14.4 Å². The average Bonchev–Trinajstić information content (AvgIpc) is 3.39. The van der Waals surface area contributed by atoms with Gasteiger partial charge in [-0.1, -0.05) is 102 Å². The van der Waals surface area contributed by atoms with E-state index in [2.05, 4.69) is 18.5 Å². The molecule has 3 rings (SSSR count). The Hall–Kier alpha value is -3.91. The maximum absolute atomic E-state index is 14.2. The van der Waals surface area contributed by atoms with Crippen LogP contribution in [0.25, 0.3) is 17.2 Å². The predicted octanol–water partition coefficient (Wildman–Crippen LogP) is 6.36. The number of nitrogens with zero attached hydrogens (tertiary/aromatic N) is 1. The highest BCUT2D eigenvalue weighted by Gasteiger charge is 2.53. The lowest BCUT2D eigenvalue weighted by atomic mass is 9.85. The molecule has 0 aliphatic carbocycles. The summed E-state index contributed by atoms with van der Waals surface area (Å²) in [6.07, 6.45) is 3.75. The summed E-state index contributed by atoms with van der Waals surface area (Å²) in [7, 11) is 2.87. The zero-order chi connectivity index (χ0) is 32.0. The minimum atomic E-state index is -0.972. The van der Waals surface area contributed by atoms with Crippen LogP contribution < -0.4 is 5.32 Å². The van der Waals surface area contributed by atoms with Crippen molar-refractivity contribution in [2.24, 2.45) is 10.8 Å². The van der Waals surface area contributed by atoms with Crippen LogP contribution in [0.1, 0.15) is 58.6 Å². The van der Waals surface area contributed by atoms with Gasteiger partial charge in [-0.05, 0) is 34.1 Å². The fourth-order valence-electron chi connectivity index (χ4n) is 5.50. The monoisotopic (exact) mass is 590 g/mol. The fraction of sp³-hybridized carbons (Fsp3) is 0.457. The molecule has 1 fully saturated rings. The maximum atomic E-state index is 14.2. The second-order valence-electron chi connectivity index (χ2n) is 13.0. The SMILES string of the molecule is C=CCC(C)(C)COC(=O)N[C@H](C(=O)N1C[C@](OC)(c2ccc(-c3ccccc3C=C)cc2)C[C@H]1C(=O)OC)C(C)(C)C. The molecule has 1 aliphatic rings. The van der Waals surface area contributed by atoms with E-state index in [1.165, 1.54) is 12.0 Å². The van der Waals surface area contributed by atoms with Crippen LogP contribution in [0, 0.1) is 10.8 Å². The predicted molar refractivity (Wildman–Crippen MR) is 169 cm³/mol. The molecule has 0 aromatic heterocycles. The Morgan fingerprint density at radius 2 is 1.70 bits per heavy atom. The van der Waals surface area contributed by atoms with Crippen molar-refractivity contribution in [2.75, 3.05) is 27.4 Å². The first kappa shape index (κ1) is 33.6. The van der Waals surface area contributed by atoms with Crippen molar-refractivity contribution in [3.63, 3.8) is 0 Å². The van der Waals surface area contributed by atoms with E-state index >= 15 is 0 Å². The van der Waals surface area contributed by atoms with Gasteiger partial charge in [0, 0.05) is 18.9 Å². The number of benzene rings is 2. The Bertz CT molecular complexity index is 1330. The minimum Gasteiger partial charge on any atom is -0.467 e. The summed E-state index contributed by atoms with van der Waals surface area (Å²) in [6, 6.07) is 14.0. The van der Waals surface area contributed by atoms with Gasteiger partial charge in [0.25, 0.3) is 0 Å². The molecule has 1 heterocycles. The number of likely N-dealkylation sites (tertiary alicyclic amines) is 1. The molecule has 1 aliphatic heterocycles. The Kier molecular flexibility index (Phi) is 10.6. The topological polar surface area (TPSA) is 94.2 Å². The molecular formula is C35H46N2O6. The van der Waals surface area contributed by atoms with Crippen molar-refractivity contribution in [1.29, 1.82) is 0 Å². The van der Waals surface area contributed by atoms with E-state index in [0.717, 1.165) is 22.3 Å². The van der Waals surface area contributed by atoms with Gasteiger partial charge in [0.1, 0.15) is 17.7 Å². The van der Waals surface area contributed by atoms with Crippen molar-refractivity contribution >= 4 is 24.0 Å². The number of carbonyl (C=O) groups is 3. The third-order valence-corrected chi connectivity index (χ3v) is 8.04. The summed E-state index contributed by atoms with van der Waals surface area (Å²) in [5, 5.41) is 2.77. The summed E-state index contributed by atoms with van der Waals surface area (Å²) in [6.45, 7) is 17.4. The lowest BCUT2D eigenvalue weighted by Gasteiger charge is -2.35. The molecule has 232 valence electrons. The summed E-state index contributed by atoms with van der Waals surface area (Å²) in [5.74, 6) is -0.967. The summed E-state index contributed by atoms with van der Waals surface area (Å²) in [5.41, 5.74) is 1.94. The molecule has 1 N–H and O–H groups in total. The minimum absolute atomic E-state index is 0.0976. The molecule has 0 unspecified atom stereocenters. The number of esters is 1. The smallest absolute Gasteiger partial charge is 0.407 e. The lowest BCUT2D eigenvalue weighted by Crippen LogP contribution is -2.57. The van der Waals surface area contributed by atoms with E-state index in [1.807, 2.05) is 89.2 Å². The highest BCUT2D eigenvalue weighted by atomic mass is 16.5. The lowest BCUT2D eigenvalue weighted by molar-refractivity contribution is -0.152. The molecule has 8 heteroatoms. The van der Waals surface area contributed by atoms with Crippen LogP contribution in [-0.2, 0) is 29.4 Å². The third kappa shape index (κ3) is 7.73. The molecule has 43 heavy (non-hydrogen) atoms. The van der Waals surface area contributed by atoms with Gasteiger partial charge in [0.05, 0.1) is 20.3 Å². The van der Waals surface area contributed by atoms with Gasteiger partial charge in [-0.2, -0.15) is 0 Å². The molecule has 2 aromatic carbocycles. The van der Waals surface area contributed by atoms with Gasteiger partial charge in [-0.15, -0.1) is 6.58 Å².